The van der Waals surface area contributed by atoms with Crippen LogP contribution in [0.4, 0.5) is 17.5 Å². The summed E-state index contributed by atoms with van der Waals surface area (Å²) in [6.45, 7) is 4.43. The van der Waals surface area contributed by atoms with Gasteiger partial charge in [-0.05, 0) is 31.2 Å². The highest BCUT2D eigenvalue weighted by Gasteiger charge is 2.22. The first-order chi connectivity index (χ1) is 16.5. The average Bonchev–Trinajstić information content (AvgIpc) is 2.87. The average molecular weight is 463 g/mol. The van der Waals surface area contributed by atoms with E-state index in [1.165, 1.54) is 19.4 Å². The number of nitrogens with two attached hydrogens (primary N) is 1. The van der Waals surface area contributed by atoms with Crippen molar-refractivity contribution >= 4 is 35.6 Å². The van der Waals surface area contributed by atoms with E-state index in [2.05, 4.69) is 15.3 Å². The van der Waals surface area contributed by atoms with Crippen LogP contribution in [0.5, 0.6) is 5.75 Å². The molecule has 0 spiro atoms. The lowest BCUT2D eigenvalue weighted by atomic mass is 10.1. The lowest BCUT2D eigenvalue weighted by molar-refractivity contribution is 0.122. The van der Waals surface area contributed by atoms with E-state index >= 15 is 0 Å². The van der Waals surface area contributed by atoms with Gasteiger partial charge in [-0.2, -0.15) is 4.98 Å². The summed E-state index contributed by atoms with van der Waals surface area (Å²) < 4.78 is 11.1. The van der Waals surface area contributed by atoms with E-state index in [0.717, 1.165) is 17.5 Å². The van der Waals surface area contributed by atoms with Crippen molar-refractivity contribution in [1.82, 2.24) is 9.97 Å². The van der Waals surface area contributed by atoms with Gasteiger partial charge in [-0.3, -0.25) is 10.4 Å². The fourth-order valence-corrected chi connectivity index (χ4v) is 3.26. The molecule has 1 aliphatic heterocycles. The van der Waals surface area contributed by atoms with Crippen molar-refractivity contribution in [2.24, 2.45) is 10.7 Å². The van der Waals surface area contributed by atoms with Gasteiger partial charge in [0, 0.05) is 49.5 Å². The number of nitrogens with zero attached hydrogens (tertiary/aromatic N) is 4. The monoisotopic (exact) mass is 462 g/mol. The molecule has 10 heteroatoms. The van der Waals surface area contributed by atoms with Crippen molar-refractivity contribution < 1.29 is 9.47 Å². The van der Waals surface area contributed by atoms with Crippen LogP contribution >= 0.6 is 0 Å². The van der Waals surface area contributed by atoms with Crippen molar-refractivity contribution in [2.45, 2.75) is 6.92 Å². The minimum absolute atomic E-state index is 0.0315. The molecule has 3 rings (SSSR count). The summed E-state index contributed by atoms with van der Waals surface area (Å²) in [5.74, 6) is 1.22. The second kappa shape index (κ2) is 11.7. The van der Waals surface area contributed by atoms with Crippen molar-refractivity contribution in [3.8, 4) is 5.75 Å². The second-order valence-corrected chi connectivity index (χ2v) is 7.53. The molecule has 2 heterocycles. The van der Waals surface area contributed by atoms with Crippen molar-refractivity contribution in [3.05, 3.63) is 58.9 Å². The smallest absolute Gasteiger partial charge is 0.228 e. The van der Waals surface area contributed by atoms with Gasteiger partial charge >= 0.3 is 0 Å². The molecule has 1 aromatic heterocycles. The van der Waals surface area contributed by atoms with Crippen LogP contribution in [0.2, 0.25) is 0 Å². The number of allylic oxidation sites excluding steroid dienone is 3. The van der Waals surface area contributed by atoms with Crippen LogP contribution in [0.3, 0.4) is 0 Å². The molecule has 0 saturated carbocycles. The zero-order chi connectivity index (χ0) is 24.5. The summed E-state index contributed by atoms with van der Waals surface area (Å²) in [6.07, 6.45) is 5.67. The minimum atomic E-state index is 0.0315. The molecule has 1 aromatic carbocycles. The summed E-state index contributed by atoms with van der Waals surface area (Å²) >= 11 is 0. The van der Waals surface area contributed by atoms with Crippen LogP contribution in [-0.2, 0) is 4.74 Å². The molecule has 0 amide bonds. The highest BCUT2D eigenvalue weighted by Crippen LogP contribution is 2.32. The van der Waals surface area contributed by atoms with Crippen LogP contribution in [0.15, 0.2) is 52.7 Å². The Morgan fingerprint density at radius 2 is 1.94 bits per heavy atom. The molecule has 1 aliphatic rings. The highest BCUT2D eigenvalue weighted by molar-refractivity contribution is 6.11. The van der Waals surface area contributed by atoms with Gasteiger partial charge in [0.05, 0.1) is 26.0 Å². The number of rotatable bonds is 9. The first kappa shape index (κ1) is 24.6. The Morgan fingerprint density at radius 3 is 2.56 bits per heavy atom. The Bertz CT molecular complexity index is 1120. The third-order valence-electron chi connectivity index (χ3n) is 5.11. The number of morpholine rings is 1. The number of aromatic nitrogens is 2. The standard InChI is InChI=1S/C24H30N8O2/c1-16-4-6-18(7-5-16)29-23-22(33-3)21(30-24(31-23)32-10-12-34-13-11-32)20(27)14-17(15-25)19(26)8-9-28-2/h4-9,14-15,25,27H,10-13,26H2,1-3H3,(H,29,30,31)/b17-14+,19-8?,25-15?,27-20?,28-9?. The third kappa shape index (κ3) is 6.04. The molecular weight excluding hydrogens is 432 g/mol. The van der Waals surface area contributed by atoms with E-state index < -0.39 is 0 Å². The molecule has 2 aromatic rings. The molecule has 1 saturated heterocycles. The van der Waals surface area contributed by atoms with Gasteiger partial charge in [0.15, 0.2) is 11.6 Å². The summed E-state index contributed by atoms with van der Waals surface area (Å²) in [5.41, 5.74) is 9.00. The largest absolute Gasteiger partial charge is 0.491 e. The Hall–Kier alpha value is -4.05. The number of hydrogen-bond donors (Lipinski definition) is 4. The Labute approximate surface area is 199 Å². The van der Waals surface area contributed by atoms with Gasteiger partial charge in [-0.1, -0.05) is 17.7 Å². The first-order valence-electron chi connectivity index (χ1n) is 10.8. The molecule has 0 bridgehead atoms. The molecule has 0 radical (unpaired) electrons. The molecule has 5 N–H and O–H groups in total. The van der Waals surface area contributed by atoms with Gasteiger partial charge in [0.2, 0.25) is 5.95 Å². The van der Waals surface area contributed by atoms with Crippen molar-refractivity contribution in [3.63, 3.8) is 0 Å². The van der Waals surface area contributed by atoms with E-state index in [1.54, 1.807) is 13.1 Å². The van der Waals surface area contributed by atoms with Crippen LogP contribution < -0.4 is 20.7 Å². The SMILES string of the molecule is CN=CC=C(N)/C(C=N)=C/C(=N)c1nc(N2CCOCC2)nc(Nc2ccc(C)cc2)c1OC. The van der Waals surface area contributed by atoms with Gasteiger partial charge < -0.3 is 30.8 Å². The minimum Gasteiger partial charge on any atom is -0.491 e. The fraction of sp³-hybridized carbons (Fsp3) is 0.292. The normalized spacial score (nSPS) is 14.9. The quantitative estimate of drug-likeness (QED) is 0.331. The van der Waals surface area contributed by atoms with Crippen LogP contribution in [0.1, 0.15) is 11.3 Å². The van der Waals surface area contributed by atoms with E-state index in [9.17, 15) is 0 Å². The topological polar surface area (TPSA) is 146 Å². The van der Waals surface area contributed by atoms with Crippen molar-refractivity contribution in [1.29, 1.82) is 10.8 Å². The maximum Gasteiger partial charge on any atom is 0.228 e. The van der Waals surface area contributed by atoms with Gasteiger partial charge in [0.25, 0.3) is 0 Å². The van der Waals surface area contributed by atoms with E-state index in [-0.39, 0.29) is 11.4 Å². The van der Waals surface area contributed by atoms with E-state index in [4.69, 9.17) is 31.0 Å². The molecule has 0 atom stereocenters. The number of anilines is 3. The highest BCUT2D eigenvalue weighted by atomic mass is 16.5. The molecule has 178 valence electrons. The Morgan fingerprint density at radius 1 is 1.24 bits per heavy atom. The second-order valence-electron chi connectivity index (χ2n) is 7.53. The van der Waals surface area contributed by atoms with E-state index in [1.807, 2.05) is 36.1 Å². The predicted octanol–water partition coefficient (Wildman–Crippen LogP) is 2.86. The Kier molecular flexibility index (Phi) is 8.47. The lowest BCUT2D eigenvalue weighted by Crippen LogP contribution is -2.37. The number of benzene rings is 1. The summed E-state index contributed by atoms with van der Waals surface area (Å²) in [7, 11) is 3.14. The Balaban J connectivity index is 2.09. The maximum absolute atomic E-state index is 8.76. The first-order valence-corrected chi connectivity index (χ1v) is 10.8. The van der Waals surface area contributed by atoms with Crippen LogP contribution in [0.25, 0.3) is 0 Å². The molecule has 34 heavy (non-hydrogen) atoms. The van der Waals surface area contributed by atoms with Gasteiger partial charge in [0.1, 0.15) is 5.69 Å². The van der Waals surface area contributed by atoms with Crippen LogP contribution in [0, 0.1) is 17.7 Å². The molecule has 10 nitrogen and oxygen atoms in total. The number of aliphatic imine (C=N–C) groups is 1. The number of hydrogen-bond acceptors (Lipinski definition) is 10. The molecule has 0 aliphatic carbocycles. The van der Waals surface area contributed by atoms with Crippen LogP contribution in [-0.4, -0.2) is 68.6 Å². The zero-order valence-electron chi connectivity index (χ0n) is 19.6. The third-order valence-corrected chi connectivity index (χ3v) is 5.11. The number of methoxy groups -OCH3 is 1. The number of nitrogens with one attached hydrogen (secondary N) is 3. The molecule has 0 unspecified atom stereocenters. The summed E-state index contributed by atoms with van der Waals surface area (Å²) in [4.78, 5) is 15.2. The molecular formula is C24H30N8O2. The zero-order valence-corrected chi connectivity index (χ0v) is 19.6. The van der Waals surface area contributed by atoms with Gasteiger partial charge in [-0.25, -0.2) is 4.98 Å². The van der Waals surface area contributed by atoms with E-state index in [0.29, 0.717) is 55.1 Å². The number of ether oxygens (including phenoxy) is 2. The summed E-state index contributed by atoms with van der Waals surface area (Å²) in [5, 5.41) is 19.8. The maximum atomic E-state index is 8.76. The predicted molar refractivity (Wildman–Crippen MR) is 136 cm³/mol. The van der Waals surface area contributed by atoms with Gasteiger partial charge in [-0.15, -0.1) is 0 Å². The van der Waals surface area contributed by atoms with Crippen molar-refractivity contribution in [2.75, 3.05) is 50.7 Å². The fourth-order valence-electron chi connectivity index (χ4n) is 3.26. The number of aryl methyl sites for hydroxylation is 1. The lowest BCUT2D eigenvalue weighted by Gasteiger charge is -2.28. The molecule has 1 fully saturated rings. The summed E-state index contributed by atoms with van der Waals surface area (Å²) in [6, 6.07) is 7.89.